The monoisotopic (exact) mass is 406 g/mol. The Morgan fingerprint density at radius 3 is 2.52 bits per heavy atom. The highest BCUT2D eigenvalue weighted by molar-refractivity contribution is 8.18. The van der Waals surface area contributed by atoms with Gasteiger partial charge in [0, 0.05) is 13.1 Å². The summed E-state index contributed by atoms with van der Waals surface area (Å²) in [5.41, 5.74) is 2.40. The Morgan fingerprint density at radius 1 is 1.10 bits per heavy atom. The SMILES string of the molecule is CCOc1ccc(/C=C2/SC(N3CCC(Cc4ccccc4)CC3)=NC2=O)cc1. The number of likely N-dealkylation sites (tertiary alicyclic amines) is 1. The number of benzene rings is 2. The van der Waals surface area contributed by atoms with E-state index in [4.69, 9.17) is 4.74 Å². The van der Waals surface area contributed by atoms with E-state index in [0.29, 0.717) is 17.4 Å². The third-order valence-electron chi connectivity index (χ3n) is 5.35. The zero-order chi connectivity index (χ0) is 20.1. The summed E-state index contributed by atoms with van der Waals surface area (Å²) in [4.78, 5) is 19.7. The second-order valence-corrected chi connectivity index (χ2v) is 8.44. The molecule has 1 fully saturated rings. The van der Waals surface area contributed by atoms with Gasteiger partial charge >= 0.3 is 0 Å². The molecule has 29 heavy (non-hydrogen) atoms. The first kappa shape index (κ1) is 19.8. The van der Waals surface area contributed by atoms with Crippen LogP contribution in [0.5, 0.6) is 5.75 Å². The Kier molecular flexibility index (Phi) is 6.35. The van der Waals surface area contributed by atoms with Crippen molar-refractivity contribution in [3.8, 4) is 5.75 Å². The number of carbonyl (C=O) groups is 1. The summed E-state index contributed by atoms with van der Waals surface area (Å²) in [6, 6.07) is 18.5. The number of amidine groups is 1. The van der Waals surface area contributed by atoms with Gasteiger partial charge in [-0.2, -0.15) is 4.99 Å². The van der Waals surface area contributed by atoms with Gasteiger partial charge in [-0.25, -0.2) is 0 Å². The van der Waals surface area contributed by atoms with E-state index in [-0.39, 0.29) is 5.91 Å². The van der Waals surface area contributed by atoms with E-state index >= 15 is 0 Å². The predicted molar refractivity (Wildman–Crippen MR) is 120 cm³/mol. The topological polar surface area (TPSA) is 41.9 Å². The van der Waals surface area contributed by atoms with Gasteiger partial charge in [0.25, 0.3) is 5.91 Å². The number of nitrogens with zero attached hydrogens (tertiary/aromatic N) is 2. The first-order valence-electron chi connectivity index (χ1n) is 10.3. The smallest absolute Gasteiger partial charge is 0.286 e. The van der Waals surface area contributed by atoms with Crippen LogP contribution in [-0.4, -0.2) is 35.7 Å². The molecule has 2 aromatic rings. The number of amides is 1. The molecule has 1 saturated heterocycles. The standard InChI is InChI=1S/C24H26N2O2S/c1-2-28-21-10-8-19(9-11-21)17-22-23(27)25-24(29-22)26-14-12-20(13-15-26)16-18-6-4-3-5-7-18/h3-11,17,20H,2,12-16H2,1H3/b22-17+. The molecule has 5 heteroatoms. The molecular weight excluding hydrogens is 380 g/mol. The molecule has 150 valence electrons. The molecular formula is C24H26N2O2S. The molecule has 0 saturated carbocycles. The fourth-order valence-corrected chi connectivity index (χ4v) is 4.75. The van der Waals surface area contributed by atoms with Crippen LogP contribution in [0.1, 0.15) is 30.9 Å². The van der Waals surface area contributed by atoms with Crippen molar-refractivity contribution in [3.05, 3.63) is 70.6 Å². The fourth-order valence-electron chi connectivity index (χ4n) is 3.79. The van der Waals surface area contributed by atoms with Crippen molar-refractivity contribution in [3.63, 3.8) is 0 Å². The summed E-state index contributed by atoms with van der Waals surface area (Å²) < 4.78 is 5.47. The number of aliphatic imine (C=N–C) groups is 1. The van der Waals surface area contributed by atoms with Crippen molar-refractivity contribution in [2.45, 2.75) is 26.2 Å². The van der Waals surface area contributed by atoms with Gasteiger partial charge in [-0.15, -0.1) is 0 Å². The zero-order valence-electron chi connectivity index (χ0n) is 16.7. The fraction of sp³-hybridized carbons (Fsp3) is 0.333. The van der Waals surface area contributed by atoms with E-state index in [1.54, 1.807) is 0 Å². The third-order valence-corrected chi connectivity index (χ3v) is 6.39. The number of hydrogen-bond donors (Lipinski definition) is 0. The van der Waals surface area contributed by atoms with Gasteiger partial charge in [-0.3, -0.25) is 4.79 Å². The van der Waals surface area contributed by atoms with Crippen LogP contribution < -0.4 is 4.74 Å². The third kappa shape index (κ3) is 5.10. The van der Waals surface area contributed by atoms with Crippen LogP contribution >= 0.6 is 11.8 Å². The first-order valence-corrected chi connectivity index (χ1v) is 11.1. The molecule has 4 nitrogen and oxygen atoms in total. The molecule has 0 aliphatic carbocycles. The number of piperidine rings is 1. The van der Waals surface area contributed by atoms with Crippen molar-refractivity contribution in [1.29, 1.82) is 0 Å². The molecule has 2 aromatic carbocycles. The molecule has 0 aromatic heterocycles. The highest BCUT2D eigenvalue weighted by Gasteiger charge is 2.29. The summed E-state index contributed by atoms with van der Waals surface area (Å²) in [6.07, 6.45) is 5.33. The van der Waals surface area contributed by atoms with Gasteiger partial charge in [0.15, 0.2) is 5.17 Å². The van der Waals surface area contributed by atoms with E-state index in [2.05, 4.69) is 40.2 Å². The Balaban J connectivity index is 1.33. The number of thioether (sulfide) groups is 1. The minimum Gasteiger partial charge on any atom is -0.494 e. The van der Waals surface area contributed by atoms with Crippen LogP contribution in [0.3, 0.4) is 0 Å². The van der Waals surface area contributed by atoms with Crippen LogP contribution in [0.25, 0.3) is 6.08 Å². The summed E-state index contributed by atoms with van der Waals surface area (Å²) in [6.45, 7) is 4.54. The number of rotatable bonds is 5. The quantitative estimate of drug-likeness (QED) is 0.655. The second kappa shape index (κ2) is 9.31. The van der Waals surface area contributed by atoms with Crippen molar-refractivity contribution in [2.75, 3.05) is 19.7 Å². The number of carbonyl (C=O) groups excluding carboxylic acids is 1. The maximum Gasteiger partial charge on any atom is 0.286 e. The second-order valence-electron chi connectivity index (χ2n) is 7.43. The largest absolute Gasteiger partial charge is 0.494 e. The lowest BCUT2D eigenvalue weighted by molar-refractivity contribution is -0.113. The lowest BCUT2D eigenvalue weighted by Crippen LogP contribution is -2.37. The van der Waals surface area contributed by atoms with Gasteiger partial charge in [0.2, 0.25) is 0 Å². The molecule has 1 amide bonds. The van der Waals surface area contributed by atoms with Crippen LogP contribution in [0.4, 0.5) is 0 Å². The van der Waals surface area contributed by atoms with E-state index in [1.807, 2.05) is 37.3 Å². The van der Waals surface area contributed by atoms with Gasteiger partial charge in [0.05, 0.1) is 11.5 Å². The molecule has 2 aliphatic rings. The highest BCUT2D eigenvalue weighted by atomic mass is 32.2. The highest BCUT2D eigenvalue weighted by Crippen LogP contribution is 2.33. The molecule has 0 N–H and O–H groups in total. The molecule has 0 spiro atoms. The minimum absolute atomic E-state index is 0.134. The van der Waals surface area contributed by atoms with Gasteiger partial charge < -0.3 is 9.64 Å². The average Bonchev–Trinajstić information content (AvgIpc) is 3.11. The van der Waals surface area contributed by atoms with Crippen LogP contribution in [0.2, 0.25) is 0 Å². The predicted octanol–water partition coefficient (Wildman–Crippen LogP) is 5.01. The maximum absolute atomic E-state index is 12.4. The van der Waals surface area contributed by atoms with E-state index in [9.17, 15) is 4.79 Å². The van der Waals surface area contributed by atoms with Crippen molar-refractivity contribution < 1.29 is 9.53 Å². The maximum atomic E-state index is 12.4. The van der Waals surface area contributed by atoms with Crippen molar-refractivity contribution in [2.24, 2.45) is 10.9 Å². The van der Waals surface area contributed by atoms with Crippen molar-refractivity contribution >= 4 is 28.9 Å². The summed E-state index contributed by atoms with van der Waals surface area (Å²) in [5.74, 6) is 1.41. The molecule has 0 atom stereocenters. The zero-order valence-corrected chi connectivity index (χ0v) is 17.5. The van der Waals surface area contributed by atoms with Crippen LogP contribution in [0, 0.1) is 5.92 Å². The van der Waals surface area contributed by atoms with E-state index in [1.165, 1.54) is 17.3 Å². The Bertz CT molecular complexity index is 898. The van der Waals surface area contributed by atoms with Gasteiger partial charge in [-0.05, 0) is 73.2 Å². The van der Waals surface area contributed by atoms with Crippen LogP contribution in [-0.2, 0) is 11.2 Å². The summed E-state index contributed by atoms with van der Waals surface area (Å²) in [5, 5.41) is 0.852. The number of ether oxygens (including phenoxy) is 1. The molecule has 2 aliphatic heterocycles. The normalized spacial score (nSPS) is 18.9. The minimum atomic E-state index is -0.134. The summed E-state index contributed by atoms with van der Waals surface area (Å²) in [7, 11) is 0. The number of hydrogen-bond acceptors (Lipinski definition) is 4. The molecule has 0 radical (unpaired) electrons. The van der Waals surface area contributed by atoms with Crippen LogP contribution in [0.15, 0.2) is 64.5 Å². The van der Waals surface area contributed by atoms with E-state index in [0.717, 1.165) is 48.8 Å². The van der Waals surface area contributed by atoms with Crippen molar-refractivity contribution in [1.82, 2.24) is 4.90 Å². The summed E-state index contributed by atoms with van der Waals surface area (Å²) >= 11 is 1.50. The Morgan fingerprint density at radius 2 is 1.83 bits per heavy atom. The average molecular weight is 407 g/mol. The van der Waals surface area contributed by atoms with Gasteiger partial charge in [0.1, 0.15) is 5.75 Å². The Labute approximate surface area is 176 Å². The van der Waals surface area contributed by atoms with E-state index < -0.39 is 0 Å². The molecule has 2 heterocycles. The first-order chi connectivity index (χ1) is 14.2. The van der Waals surface area contributed by atoms with Gasteiger partial charge in [-0.1, -0.05) is 42.5 Å². The lowest BCUT2D eigenvalue weighted by Gasteiger charge is -2.32. The lowest BCUT2D eigenvalue weighted by atomic mass is 9.90. The molecule has 4 rings (SSSR count). The molecule has 0 unspecified atom stereocenters. The Hall–Kier alpha value is -2.53. The molecule has 0 bridgehead atoms.